The SMILES string of the molecule is CO/C(=N\OC(C)=N)c1c(C)cc(C)cc1C. The molecule has 0 unspecified atom stereocenters. The molecule has 0 atom stereocenters. The Bertz CT molecular complexity index is 441. The van der Waals surface area contributed by atoms with Crippen molar-refractivity contribution in [3.63, 3.8) is 0 Å². The number of rotatable bonds is 2. The van der Waals surface area contributed by atoms with Crippen molar-refractivity contribution in [2.45, 2.75) is 27.7 Å². The van der Waals surface area contributed by atoms with E-state index in [4.69, 9.17) is 15.0 Å². The molecule has 0 aliphatic heterocycles. The highest BCUT2D eigenvalue weighted by Crippen LogP contribution is 2.17. The van der Waals surface area contributed by atoms with Crippen LogP contribution >= 0.6 is 0 Å². The lowest BCUT2D eigenvalue weighted by molar-refractivity contribution is 0.291. The second-order valence-electron chi connectivity index (χ2n) is 4.02. The molecule has 4 nitrogen and oxygen atoms in total. The van der Waals surface area contributed by atoms with E-state index in [1.165, 1.54) is 12.5 Å². The smallest absolute Gasteiger partial charge is 0.258 e. The number of methoxy groups -OCH3 is 1. The van der Waals surface area contributed by atoms with E-state index < -0.39 is 0 Å². The molecule has 1 rings (SSSR count). The fourth-order valence-corrected chi connectivity index (χ4v) is 1.81. The Hall–Kier alpha value is -1.84. The molecule has 1 N–H and O–H groups in total. The van der Waals surface area contributed by atoms with Crippen molar-refractivity contribution >= 4 is 11.8 Å². The van der Waals surface area contributed by atoms with Crippen molar-refractivity contribution in [1.82, 2.24) is 0 Å². The number of hydrogen-bond acceptors (Lipinski definition) is 4. The van der Waals surface area contributed by atoms with Crippen molar-refractivity contribution in [3.8, 4) is 0 Å². The Morgan fingerprint density at radius 1 is 1.18 bits per heavy atom. The van der Waals surface area contributed by atoms with E-state index in [1.54, 1.807) is 7.11 Å². The maximum absolute atomic E-state index is 7.18. The third-order valence-electron chi connectivity index (χ3n) is 2.35. The summed E-state index contributed by atoms with van der Waals surface area (Å²) in [6.07, 6.45) is 0. The van der Waals surface area contributed by atoms with Crippen molar-refractivity contribution < 1.29 is 9.57 Å². The molecule has 0 saturated heterocycles. The average molecular weight is 234 g/mol. The van der Waals surface area contributed by atoms with Gasteiger partial charge in [-0.15, -0.1) is 0 Å². The summed E-state index contributed by atoms with van der Waals surface area (Å²) in [6, 6.07) is 4.13. The first kappa shape index (κ1) is 13.2. The summed E-state index contributed by atoms with van der Waals surface area (Å²) in [5, 5.41) is 11.0. The van der Waals surface area contributed by atoms with E-state index in [0.29, 0.717) is 5.90 Å². The molecular formula is C13H18N2O2. The number of ether oxygens (including phenoxy) is 1. The summed E-state index contributed by atoms with van der Waals surface area (Å²) in [6.45, 7) is 7.57. The Morgan fingerprint density at radius 3 is 2.12 bits per heavy atom. The van der Waals surface area contributed by atoms with Crippen LogP contribution < -0.4 is 0 Å². The first-order valence-electron chi connectivity index (χ1n) is 5.38. The fourth-order valence-electron chi connectivity index (χ4n) is 1.81. The lowest BCUT2D eigenvalue weighted by Gasteiger charge is -2.12. The summed E-state index contributed by atoms with van der Waals surface area (Å²) in [5.74, 6) is 0.425. The minimum absolute atomic E-state index is 0.0296. The van der Waals surface area contributed by atoms with Crippen molar-refractivity contribution in [1.29, 1.82) is 5.41 Å². The molecule has 1 aromatic rings. The van der Waals surface area contributed by atoms with Crippen LogP contribution in [0.15, 0.2) is 17.3 Å². The van der Waals surface area contributed by atoms with Gasteiger partial charge in [0.2, 0.25) is 5.90 Å². The van der Waals surface area contributed by atoms with Gasteiger partial charge in [0.1, 0.15) is 0 Å². The standard InChI is InChI=1S/C13H18N2O2/c1-8-6-9(2)12(10(3)7-8)13(16-5)15-17-11(4)14/h6-7,14H,1-5H3/b14-11?,15-13-. The van der Waals surface area contributed by atoms with E-state index >= 15 is 0 Å². The predicted molar refractivity (Wildman–Crippen MR) is 68.7 cm³/mol. The van der Waals surface area contributed by atoms with Gasteiger partial charge in [-0.05, 0) is 37.1 Å². The van der Waals surface area contributed by atoms with Gasteiger partial charge in [0.05, 0.1) is 7.11 Å². The minimum atomic E-state index is 0.0296. The Kier molecular flexibility index (Phi) is 4.26. The van der Waals surface area contributed by atoms with Crippen LogP contribution in [0, 0.1) is 26.2 Å². The average Bonchev–Trinajstić information content (AvgIpc) is 2.21. The minimum Gasteiger partial charge on any atom is -0.478 e. The maximum atomic E-state index is 7.18. The van der Waals surface area contributed by atoms with Crippen LogP contribution in [0.25, 0.3) is 0 Å². The van der Waals surface area contributed by atoms with Gasteiger partial charge in [0, 0.05) is 12.5 Å². The Labute approximate surface area is 102 Å². The number of aryl methyl sites for hydroxylation is 3. The number of hydrogen-bond donors (Lipinski definition) is 1. The van der Waals surface area contributed by atoms with Crippen LogP contribution in [0.1, 0.15) is 29.2 Å². The van der Waals surface area contributed by atoms with Gasteiger partial charge in [0.25, 0.3) is 5.90 Å². The normalized spacial score (nSPS) is 11.2. The van der Waals surface area contributed by atoms with Crippen LogP contribution in [-0.4, -0.2) is 18.9 Å². The second-order valence-corrected chi connectivity index (χ2v) is 4.02. The molecule has 0 aliphatic carbocycles. The topological polar surface area (TPSA) is 54.7 Å². The maximum Gasteiger partial charge on any atom is 0.258 e. The molecule has 1 aromatic carbocycles. The number of benzene rings is 1. The Morgan fingerprint density at radius 2 is 1.71 bits per heavy atom. The van der Waals surface area contributed by atoms with Crippen LogP contribution in [0.5, 0.6) is 0 Å². The second kappa shape index (κ2) is 5.48. The summed E-state index contributed by atoms with van der Waals surface area (Å²) in [7, 11) is 1.54. The third-order valence-corrected chi connectivity index (χ3v) is 2.35. The summed E-state index contributed by atoms with van der Waals surface area (Å²) < 4.78 is 5.22. The molecule has 17 heavy (non-hydrogen) atoms. The quantitative estimate of drug-likeness (QED) is 0.486. The van der Waals surface area contributed by atoms with Crippen LogP contribution in [0.3, 0.4) is 0 Å². The molecule has 0 aromatic heterocycles. The zero-order valence-corrected chi connectivity index (χ0v) is 10.9. The van der Waals surface area contributed by atoms with Gasteiger partial charge < -0.3 is 9.57 Å². The zero-order valence-electron chi connectivity index (χ0n) is 10.9. The largest absolute Gasteiger partial charge is 0.478 e. The van der Waals surface area contributed by atoms with E-state index in [2.05, 4.69) is 17.3 Å². The first-order chi connectivity index (χ1) is 7.95. The molecule has 4 heteroatoms. The molecule has 0 amide bonds. The molecular weight excluding hydrogens is 216 g/mol. The Balaban J connectivity index is 3.21. The van der Waals surface area contributed by atoms with E-state index in [1.807, 2.05) is 20.8 Å². The molecule has 0 heterocycles. The van der Waals surface area contributed by atoms with Gasteiger partial charge in [-0.3, -0.25) is 5.41 Å². The molecule has 0 aliphatic rings. The fraction of sp³-hybridized carbons (Fsp3) is 0.385. The molecule has 0 saturated carbocycles. The van der Waals surface area contributed by atoms with Crippen LogP contribution in [0.4, 0.5) is 0 Å². The van der Waals surface area contributed by atoms with Crippen LogP contribution in [-0.2, 0) is 9.57 Å². The van der Waals surface area contributed by atoms with Crippen molar-refractivity contribution in [2.75, 3.05) is 7.11 Å². The summed E-state index contributed by atoms with van der Waals surface area (Å²) in [5.41, 5.74) is 4.27. The van der Waals surface area contributed by atoms with Gasteiger partial charge in [0.15, 0.2) is 0 Å². The van der Waals surface area contributed by atoms with E-state index in [0.717, 1.165) is 16.7 Å². The highest BCUT2D eigenvalue weighted by molar-refractivity contribution is 5.97. The monoisotopic (exact) mass is 234 g/mol. The third kappa shape index (κ3) is 3.31. The summed E-state index contributed by atoms with van der Waals surface area (Å²) in [4.78, 5) is 4.84. The molecule has 0 spiro atoms. The molecule has 0 bridgehead atoms. The molecule has 0 radical (unpaired) electrons. The highest BCUT2D eigenvalue weighted by atomic mass is 16.7. The zero-order chi connectivity index (χ0) is 13.0. The van der Waals surface area contributed by atoms with E-state index in [9.17, 15) is 0 Å². The van der Waals surface area contributed by atoms with E-state index in [-0.39, 0.29) is 5.90 Å². The first-order valence-corrected chi connectivity index (χ1v) is 5.38. The van der Waals surface area contributed by atoms with Gasteiger partial charge in [-0.2, -0.15) is 0 Å². The summed E-state index contributed by atoms with van der Waals surface area (Å²) >= 11 is 0. The molecule has 0 fully saturated rings. The number of nitrogens with zero attached hydrogens (tertiary/aromatic N) is 1. The highest BCUT2D eigenvalue weighted by Gasteiger charge is 2.12. The van der Waals surface area contributed by atoms with Crippen molar-refractivity contribution in [2.24, 2.45) is 5.16 Å². The van der Waals surface area contributed by atoms with Gasteiger partial charge >= 0.3 is 0 Å². The lowest BCUT2D eigenvalue weighted by Crippen LogP contribution is -2.10. The lowest BCUT2D eigenvalue weighted by atomic mass is 10.00. The van der Waals surface area contributed by atoms with Gasteiger partial charge in [-0.25, -0.2) is 0 Å². The van der Waals surface area contributed by atoms with Crippen molar-refractivity contribution in [3.05, 3.63) is 34.4 Å². The predicted octanol–water partition coefficient (Wildman–Crippen LogP) is 2.93. The number of nitrogens with one attached hydrogen (secondary N) is 1. The number of oxime groups is 1. The molecule has 92 valence electrons. The van der Waals surface area contributed by atoms with Crippen LogP contribution in [0.2, 0.25) is 0 Å². The van der Waals surface area contributed by atoms with Gasteiger partial charge in [-0.1, -0.05) is 17.7 Å².